The van der Waals surface area contributed by atoms with Gasteiger partial charge in [0.1, 0.15) is 5.75 Å². The third-order valence-electron chi connectivity index (χ3n) is 8.29. The Hall–Kier alpha value is -1.59. The highest BCUT2D eigenvalue weighted by Gasteiger charge is 2.80. The molecule has 26 heavy (non-hydrogen) atoms. The zero-order valence-corrected chi connectivity index (χ0v) is 14.9. The van der Waals surface area contributed by atoms with Crippen molar-refractivity contribution in [1.82, 2.24) is 4.90 Å². The third kappa shape index (κ3) is 1.63. The van der Waals surface area contributed by atoms with Crippen molar-refractivity contribution in [3.8, 4) is 5.75 Å². The molecule has 4 fully saturated rings. The summed E-state index contributed by atoms with van der Waals surface area (Å²) >= 11 is 0. The fourth-order valence-electron chi connectivity index (χ4n) is 7.46. The molecule has 1 heterocycles. The topological polar surface area (TPSA) is 86.8 Å². The number of carbonyl (C=O) groups excluding carboxylic acids is 1. The number of hydrogen-bond donors (Lipinski definition) is 3. The van der Waals surface area contributed by atoms with Crippen molar-refractivity contribution in [1.29, 1.82) is 0 Å². The highest BCUT2D eigenvalue weighted by atomic mass is 16.3. The van der Waals surface area contributed by atoms with Crippen molar-refractivity contribution in [2.45, 2.75) is 55.6 Å². The lowest BCUT2D eigenvalue weighted by atomic mass is 9.61. The van der Waals surface area contributed by atoms with Crippen molar-refractivity contribution in [3.05, 3.63) is 29.3 Å². The molecule has 5 heteroatoms. The summed E-state index contributed by atoms with van der Waals surface area (Å²) in [7, 11) is 0. The van der Waals surface area contributed by atoms with E-state index in [0.717, 1.165) is 37.4 Å². The first-order chi connectivity index (χ1) is 12.4. The van der Waals surface area contributed by atoms with E-state index in [1.165, 1.54) is 18.4 Å². The molecule has 4 N–H and O–H groups in total. The average Bonchev–Trinajstić information content (AvgIpc) is 3.30. The Morgan fingerprint density at radius 3 is 2.85 bits per heavy atom. The minimum Gasteiger partial charge on any atom is -0.508 e. The first-order valence-corrected chi connectivity index (χ1v) is 9.95. The molecule has 0 radical (unpaired) electrons. The van der Waals surface area contributed by atoms with Crippen LogP contribution in [0.3, 0.4) is 0 Å². The smallest absolute Gasteiger partial charge is 0.220 e. The van der Waals surface area contributed by atoms with Crippen molar-refractivity contribution in [3.63, 3.8) is 0 Å². The molecule has 1 aliphatic heterocycles. The summed E-state index contributed by atoms with van der Waals surface area (Å²) < 4.78 is 0. The molecule has 5 aliphatic rings. The molecule has 2 spiro atoms. The Morgan fingerprint density at radius 2 is 2.12 bits per heavy atom. The minimum absolute atomic E-state index is 0.120. The second-order valence-electron chi connectivity index (χ2n) is 9.85. The fraction of sp³-hybridized carbons (Fsp3) is 0.667. The quantitative estimate of drug-likeness (QED) is 0.764. The number of aromatic hydroxyl groups is 1. The van der Waals surface area contributed by atoms with Crippen LogP contribution in [0.5, 0.6) is 5.75 Å². The van der Waals surface area contributed by atoms with Crippen LogP contribution < -0.4 is 5.73 Å². The first-order valence-electron chi connectivity index (χ1n) is 9.95. The van der Waals surface area contributed by atoms with Gasteiger partial charge in [-0.1, -0.05) is 6.07 Å². The molecule has 5 nitrogen and oxygen atoms in total. The molecule has 2 bridgehead atoms. The number of amides is 1. The van der Waals surface area contributed by atoms with Gasteiger partial charge in [0.2, 0.25) is 5.91 Å². The number of nitrogens with zero attached hydrogens (tertiary/aromatic N) is 1. The van der Waals surface area contributed by atoms with E-state index >= 15 is 0 Å². The molecule has 1 aromatic rings. The average molecular weight is 354 g/mol. The van der Waals surface area contributed by atoms with Gasteiger partial charge in [0.25, 0.3) is 0 Å². The molecule has 0 unspecified atom stereocenters. The highest BCUT2D eigenvalue weighted by molar-refractivity contribution is 5.78. The van der Waals surface area contributed by atoms with Crippen LogP contribution in [-0.4, -0.2) is 45.8 Å². The number of aliphatic hydroxyl groups is 1. The zero-order valence-electron chi connectivity index (χ0n) is 14.9. The van der Waals surface area contributed by atoms with Gasteiger partial charge in [0, 0.05) is 35.9 Å². The summed E-state index contributed by atoms with van der Waals surface area (Å²) in [6.45, 7) is 2.13. The summed E-state index contributed by atoms with van der Waals surface area (Å²) in [5.41, 5.74) is 6.75. The fourth-order valence-corrected chi connectivity index (χ4v) is 7.46. The Kier molecular flexibility index (Phi) is 2.65. The van der Waals surface area contributed by atoms with Gasteiger partial charge in [-0.05, 0) is 67.7 Å². The van der Waals surface area contributed by atoms with Gasteiger partial charge in [-0.3, -0.25) is 9.69 Å². The lowest BCUT2D eigenvalue weighted by Crippen LogP contribution is -2.70. The number of fused-ring (bicyclic) bond motifs is 2. The Labute approximate surface area is 153 Å². The molecular formula is C21H26N2O3. The van der Waals surface area contributed by atoms with Crippen LogP contribution in [0.1, 0.15) is 43.2 Å². The number of phenolic OH excluding ortho intramolecular Hbond substituents is 1. The highest BCUT2D eigenvalue weighted by Crippen LogP contribution is 2.73. The summed E-state index contributed by atoms with van der Waals surface area (Å²) in [6, 6.07) is 5.74. The molecule has 5 atom stereocenters. The maximum atomic E-state index is 12.1. The van der Waals surface area contributed by atoms with E-state index in [-0.39, 0.29) is 29.0 Å². The molecule has 1 amide bonds. The van der Waals surface area contributed by atoms with Crippen LogP contribution in [0.25, 0.3) is 0 Å². The van der Waals surface area contributed by atoms with Gasteiger partial charge in [0.15, 0.2) is 0 Å². The van der Waals surface area contributed by atoms with E-state index < -0.39 is 11.0 Å². The van der Waals surface area contributed by atoms with Crippen LogP contribution >= 0.6 is 0 Å². The number of benzene rings is 1. The van der Waals surface area contributed by atoms with Crippen molar-refractivity contribution >= 4 is 5.91 Å². The van der Waals surface area contributed by atoms with E-state index in [0.29, 0.717) is 12.8 Å². The van der Waals surface area contributed by atoms with Crippen molar-refractivity contribution in [2.24, 2.45) is 23.0 Å². The molecule has 1 aromatic carbocycles. The van der Waals surface area contributed by atoms with Gasteiger partial charge in [-0.25, -0.2) is 0 Å². The monoisotopic (exact) mass is 354 g/mol. The molecule has 3 saturated carbocycles. The lowest BCUT2D eigenvalue weighted by molar-refractivity contribution is -0.145. The number of carbonyl (C=O) groups is 1. The van der Waals surface area contributed by atoms with E-state index in [1.54, 1.807) is 6.07 Å². The molecule has 6 rings (SSSR count). The van der Waals surface area contributed by atoms with Crippen LogP contribution in [0.2, 0.25) is 0 Å². The van der Waals surface area contributed by atoms with Crippen LogP contribution in [0, 0.1) is 17.3 Å². The number of phenols is 1. The van der Waals surface area contributed by atoms with Crippen molar-refractivity contribution < 1.29 is 15.0 Å². The molecule has 1 saturated heterocycles. The molecular weight excluding hydrogens is 328 g/mol. The van der Waals surface area contributed by atoms with Crippen LogP contribution in [-0.2, 0) is 16.6 Å². The van der Waals surface area contributed by atoms with Gasteiger partial charge in [0.05, 0.1) is 5.60 Å². The Morgan fingerprint density at radius 1 is 1.31 bits per heavy atom. The molecule has 4 aliphatic carbocycles. The normalized spacial score (nSPS) is 45.6. The zero-order chi connectivity index (χ0) is 17.9. The predicted octanol–water partition coefficient (Wildman–Crippen LogP) is 1.30. The largest absolute Gasteiger partial charge is 0.508 e. The summed E-state index contributed by atoms with van der Waals surface area (Å²) in [5, 5.41) is 22.2. The maximum Gasteiger partial charge on any atom is 0.220 e. The van der Waals surface area contributed by atoms with Crippen molar-refractivity contribution in [2.75, 3.05) is 13.1 Å². The molecule has 0 aromatic heterocycles. The second kappa shape index (κ2) is 4.45. The number of primary amides is 1. The minimum atomic E-state index is -0.918. The SMILES string of the molecule is NC(=O)[C@H]1C[C@]23C[C@@]4(Cc5ccc(O)cc52)CN(CC2CC2)[C@H]4[C@]3(O)C1. The lowest BCUT2D eigenvalue weighted by Gasteiger charge is -2.58. The Balaban J connectivity index is 1.51. The number of rotatable bonds is 3. The van der Waals surface area contributed by atoms with Crippen LogP contribution in [0.4, 0.5) is 0 Å². The van der Waals surface area contributed by atoms with Gasteiger partial charge < -0.3 is 15.9 Å². The van der Waals surface area contributed by atoms with E-state index in [4.69, 9.17) is 5.73 Å². The van der Waals surface area contributed by atoms with Crippen LogP contribution in [0.15, 0.2) is 18.2 Å². The first kappa shape index (κ1) is 15.5. The third-order valence-corrected chi connectivity index (χ3v) is 8.29. The van der Waals surface area contributed by atoms with E-state index in [9.17, 15) is 15.0 Å². The molecule has 138 valence electrons. The standard InChI is InChI=1S/C21H26N2O3/c22-17(25)14-7-20-10-19(6-13-3-4-15(24)5-16(13)20)11-23(9-12-1-2-12)18(19)21(20,26)8-14/h3-5,12,14,18,24,26H,1-2,6-11H2,(H2,22,25)/t14-,18+,19-,20-,21+/m0/s1. The Bertz CT molecular complexity index is 837. The maximum absolute atomic E-state index is 12.1. The summed E-state index contributed by atoms with van der Waals surface area (Å²) in [6.07, 6.45) is 5.58. The summed E-state index contributed by atoms with van der Waals surface area (Å²) in [4.78, 5) is 14.5. The van der Waals surface area contributed by atoms with E-state index in [2.05, 4.69) is 4.90 Å². The van der Waals surface area contributed by atoms with Gasteiger partial charge in [-0.2, -0.15) is 0 Å². The van der Waals surface area contributed by atoms with E-state index in [1.807, 2.05) is 12.1 Å². The predicted molar refractivity (Wildman–Crippen MR) is 95.5 cm³/mol. The van der Waals surface area contributed by atoms with Gasteiger partial charge >= 0.3 is 0 Å². The number of nitrogens with two attached hydrogens (primary N) is 1. The number of likely N-dealkylation sites (tertiary alicyclic amines) is 1. The second-order valence-corrected chi connectivity index (χ2v) is 9.85. The van der Waals surface area contributed by atoms with Gasteiger partial charge in [-0.15, -0.1) is 0 Å². The summed E-state index contributed by atoms with van der Waals surface area (Å²) in [5.74, 6) is 0.447. The number of hydrogen-bond acceptors (Lipinski definition) is 4.